The minimum Gasteiger partial charge on any atom is -0.489 e. The number of anilines is 1. The van der Waals surface area contributed by atoms with E-state index in [1.165, 1.54) is 0 Å². The minimum atomic E-state index is -0.890. The fourth-order valence-corrected chi connectivity index (χ4v) is 4.39. The molecule has 0 aromatic heterocycles. The molecule has 2 aliphatic carbocycles. The molecule has 28 heavy (non-hydrogen) atoms. The number of hydrogen-bond donors (Lipinski definition) is 2. The molecule has 4 rings (SSSR count). The number of amides is 1. The molecule has 0 spiro atoms. The zero-order valence-corrected chi connectivity index (χ0v) is 15.7. The number of carbonyl (C=O) groups is 2. The van der Waals surface area contributed by atoms with Gasteiger partial charge in [-0.15, -0.1) is 0 Å². The summed E-state index contributed by atoms with van der Waals surface area (Å²) in [5.41, 5.74) is 2.61. The van der Waals surface area contributed by atoms with Crippen molar-refractivity contribution in [3.63, 3.8) is 0 Å². The van der Waals surface area contributed by atoms with Crippen molar-refractivity contribution in [3.8, 4) is 5.75 Å². The van der Waals surface area contributed by atoms with Crippen LogP contribution in [0.2, 0.25) is 0 Å². The van der Waals surface area contributed by atoms with Crippen LogP contribution in [0, 0.1) is 30.6 Å². The number of carboxylic acid groups (broad SMARTS) is 1. The zero-order chi connectivity index (χ0) is 19.7. The first-order valence-corrected chi connectivity index (χ1v) is 9.53. The van der Waals surface area contributed by atoms with Gasteiger partial charge in [0.25, 0.3) is 0 Å². The quantitative estimate of drug-likeness (QED) is 0.745. The van der Waals surface area contributed by atoms with Gasteiger partial charge in [-0.1, -0.05) is 42.5 Å². The Morgan fingerprint density at radius 1 is 1.04 bits per heavy atom. The summed E-state index contributed by atoms with van der Waals surface area (Å²) < 4.78 is 5.82. The maximum absolute atomic E-state index is 12.9. The second-order valence-corrected chi connectivity index (χ2v) is 7.52. The molecule has 5 nitrogen and oxygen atoms in total. The minimum absolute atomic E-state index is 0.0102. The van der Waals surface area contributed by atoms with Crippen LogP contribution in [0.4, 0.5) is 5.69 Å². The van der Waals surface area contributed by atoms with Crippen molar-refractivity contribution in [1.82, 2.24) is 0 Å². The van der Waals surface area contributed by atoms with Gasteiger partial charge in [-0.2, -0.15) is 0 Å². The Hall–Kier alpha value is -3.08. The lowest BCUT2D eigenvalue weighted by Crippen LogP contribution is -2.36. The van der Waals surface area contributed by atoms with Gasteiger partial charge in [0.05, 0.1) is 11.8 Å². The molecule has 0 radical (unpaired) electrons. The van der Waals surface area contributed by atoms with Gasteiger partial charge in [0, 0.05) is 5.69 Å². The van der Waals surface area contributed by atoms with E-state index in [9.17, 15) is 14.7 Å². The number of carboxylic acids is 1. The van der Waals surface area contributed by atoms with Crippen molar-refractivity contribution in [3.05, 3.63) is 71.8 Å². The third-order valence-corrected chi connectivity index (χ3v) is 5.89. The smallest absolute Gasteiger partial charge is 0.307 e. The summed E-state index contributed by atoms with van der Waals surface area (Å²) in [6.45, 7) is 2.34. The fraction of sp³-hybridized carbons (Fsp3) is 0.304. The molecule has 0 heterocycles. The van der Waals surface area contributed by atoms with Crippen LogP contribution in [0.15, 0.2) is 60.7 Å². The zero-order valence-electron chi connectivity index (χ0n) is 15.7. The fourth-order valence-electron chi connectivity index (χ4n) is 4.39. The number of rotatable bonds is 6. The molecule has 2 bridgehead atoms. The molecule has 0 saturated heterocycles. The first-order chi connectivity index (χ1) is 13.5. The van der Waals surface area contributed by atoms with Gasteiger partial charge in [0.2, 0.25) is 5.91 Å². The number of aliphatic carboxylic acids is 1. The highest BCUT2D eigenvalue weighted by Gasteiger charge is 2.51. The molecule has 1 fully saturated rings. The summed E-state index contributed by atoms with van der Waals surface area (Å²) in [5, 5.41) is 12.5. The Balaban J connectivity index is 1.48. The highest BCUT2D eigenvalue weighted by atomic mass is 16.5. The number of nitrogens with one attached hydrogen (secondary N) is 1. The number of ether oxygens (including phenoxy) is 1. The highest BCUT2D eigenvalue weighted by molar-refractivity contribution is 5.97. The monoisotopic (exact) mass is 377 g/mol. The molecular weight excluding hydrogens is 354 g/mol. The van der Waals surface area contributed by atoms with Crippen LogP contribution in [0.1, 0.15) is 17.5 Å². The van der Waals surface area contributed by atoms with E-state index in [0.29, 0.717) is 12.3 Å². The number of hydrogen-bond acceptors (Lipinski definition) is 3. The van der Waals surface area contributed by atoms with Crippen molar-refractivity contribution >= 4 is 17.6 Å². The molecule has 144 valence electrons. The average Bonchev–Trinajstić information content (AvgIpc) is 3.31. The van der Waals surface area contributed by atoms with Gasteiger partial charge < -0.3 is 15.2 Å². The van der Waals surface area contributed by atoms with E-state index < -0.39 is 17.8 Å². The highest BCUT2D eigenvalue weighted by Crippen LogP contribution is 2.48. The van der Waals surface area contributed by atoms with E-state index in [2.05, 4.69) is 5.32 Å². The normalized spacial score (nSPS) is 24.9. The lowest BCUT2D eigenvalue weighted by molar-refractivity contribution is -0.146. The molecule has 4 unspecified atom stereocenters. The van der Waals surface area contributed by atoms with Crippen molar-refractivity contribution in [2.75, 3.05) is 5.32 Å². The number of para-hydroxylation sites is 1. The Kier molecular flexibility index (Phi) is 4.90. The number of carbonyl (C=O) groups excluding carboxylic acids is 1. The average molecular weight is 377 g/mol. The number of allylic oxidation sites excluding steroid dienone is 2. The Morgan fingerprint density at radius 3 is 2.46 bits per heavy atom. The molecule has 2 aliphatic rings. The van der Waals surface area contributed by atoms with E-state index in [1.54, 1.807) is 0 Å². The molecular formula is C23H23NO4. The molecule has 2 N–H and O–H groups in total. The maximum atomic E-state index is 12.9. The summed E-state index contributed by atoms with van der Waals surface area (Å²) in [4.78, 5) is 24.6. The van der Waals surface area contributed by atoms with E-state index >= 15 is 0 Å². The van der Waals surface area contributed by atoms with Crippen molar-refractivity contribution < 1.29 is 19.4 Å². The Labute approximate surface area is 164 Å². The second-order valence-electron chi connectivity index (χ2n) is 7.52. The predicted molar refractivity (Wildman–Crippen MR) is 106 cm³/mol. The van der Waals surface area contributed by atoms with Crippen molar-refractivity contribution in [2.45, 2.75) is 20.0 Å². The number of fused-ring (bicyclic) bond motifs is 2. The third kappa shape index (κ3) is 3.40. The van der Waals surface area contributed by atoms with Crippen LogP contribution in [0.25, 0.3) is 0 Å². The Bertz CT molecular complexity index is 921. The van der Waals surface area contributed by atoms with Crippen LogP contribution in [-0.2, 0) is 16.2 Å². The van der Waals surface area contributed by atoms with E-state index in [0.717, 1.165) is 23.3 Å². The lowest BCUT2D eigenvalue weighted by atomic mass is 9.82. The van der Waals surface area contributed by atoms with Crippen molar-refractivity contribution in [1.29, 1.82) is 0 Å². The van der Waals surface area contributed by atoms with Gasteiger partial charge in [0.1, 0.15) is 12.4 Å². The van der Waals surface area contributed by atoms with E-state index in [1.807, 2.05) is 67.6 Å². The molecule has 2 aromatic carbocycles. The number of benzene rings is 2. The summed E-state index contributed by atoms with van der Waals surface area (Å²) in [6.07, 6.45) is 4.68. The van der Waals surface area contributed by atoms with Crippen LogP contribution in [-0.4, -0.2) is 17.0 Å². The van der Waals surface area contributed by atoms with Gasteiger partial charge in [-0.3, -0.25) is 9.59 Å². The van der Waals surface area contributed by atoms with Gasteiger partial charge >= 0.3 is 5.97 Å². The summed E-state index contributed by atoms with van der Waals surface area (Å²) in [6, 6.07) is 15.3. The van der Waals surface area contributed by atoms with E-state index in [4.69, 9.17) is 4.74 Å². The van der Waals surface area contributed by atoms with Crippen LogP contribution in [0.3, 0.4) is 0 Å². The van der Waals surface area contributed by atoms with Crippen molar-refractivity contribution in [2.24, 2.45) is 23.7 Å². The summed E-state index contributed by atoms with van der Waals surface area (Å²) >= 11 is 0. The van der Waals surface area contributed by atoms with Crippen LogP contribution in [0.5, 0.6) is 5.75 Å². The molecule has 1 saturated carbocycles. The topological polar surface area (TPSA) is 75.6 Å². The van der Waals surface area contributed by atoms with Crippen LogP contribution < -0.4 is 10.1 Å². The second kappa shape index (κ2) is 7.50. The first-order valence-electron chi connectivity index (χ1n) is 9.53. The predicted octanol–water partition coefficient (Wildman–Crippen LogP) is 4.04. The third-order valence-electron chi connectivity index (χ3n) is 5.89. The molecule has 0 aliphatic heterocycles. The first kappa shape index (κ1) is 18.3. The molecule has 4 atom stereocenters. The van der Waals surface area contributed by atoms with Gasteiger partial charge in [-0.25, -0.2) is 0 Å². The van der Waals surface area contributed by atoms with E-state index in [-0.39, 0.29) is 17.7 Å². The Morgan fingerprint density at radius 2 is 1.75 bits per heavy atom. The van der Waals surface area contributed by atoms with Crippen LogP contribution >= 0.6 is 0 Å². The lowest BCUT2D eigenvalue weighted by Gasteiger charge is -2.24. The van der Waals surface area contributed by atoms with Gasteiger partial charge in [-0.05, 0) is 54.5 Å². The SMILES string of the molecule is Cc1c(COc2ccccc2)cccc1NC(=O)C1C2C=CC(C2)C1C(=O)O. The largest absolute Gasteiger partial charge is 0.489 e. The molecule has 2 aromatic rings. The molecule has 1 amide bonds. The maximum Gasteiger partial charge on any atom is 0.307 e. The summed E-state index contributed by atoms with van der Waals surface area (Å²) in [5.74, 6) is -1.50. The standard InChI is InChI=1S/C23H23NO4/c1-14-17(13-28-18-7-3-2-4-8-18)6-5-9-19(14)24-22(25)20-15-10-11-16(12-15)21(20)23(26)27/h2-11,15-16,20-21H,12-13H2,1H3,(H,24,25)(H,26,27). The summed E-state index contributed by atoms with van der Waals surface area (Å²) in [7, 11) is 0. The van der Waals surface area contributed by atoms with Gasteiger partial charge in [0.15, 0.2) is 0 Å². The molecule has 5 heteroatoms.